The monoisotopic (exact) mass is 330 g/mol. The molecular weight excluding hydrogens is 320 g/mol. The van der Waals surface area contributed by atoms with Crippen LogP contribution in [0, 0.1) is 0 Å². The van der Waals surface area contributed by atoms with E-state index in [1.807, 2.05) is 30.5 Å². The number of hydrogen-bond acceptors (Lipinski definition) is 2. The lowest BCUT2D eigenvalue weighted by molar-refractivity contribution is 0.608. The molecule has 1 unspecified atom stereocenters. The van der Waals surface area contributed by atoms with E-state index < -0.39 is 0 Å². The van der Waals surface area contributed by atoms with Gasteiger partial charge < -0.3 is 4.57 Å². The van der Waals surface area contributed by atoms with Gasteiger partial charge in [-0.2, -0.15) is 0 Å². The standard InChI is InChI=1S/C12H11BrN2S.ClH/c13-10-2-3-11-9(7-10)1-4-12(16-11)15-6-5-14-8-15;/h2-3,5-8,12H,1,4H2;1H. The van der Waals surface area contributed by atoms with Crippen LogP contribution in [0.25, 0.3) is 0 Å². The average Bonchev–Trinajstić information content (AvgIpc) is 2.82. The smallest absolute Gasteiger partial charge is 0.0955 e. The van der Waals surface area contributed by atoms with E-state index in [0.29, 0.717) is 5.37 Å². The fourth-order valence-corrected chi connectivity index (χ4v) is 3.64. The highest BCUT2D eigenvalue weighted by Crippen LogP contribution is 2.42. The molecule has 2 aromatic rings. The fourth-order valence-electron chi connectivity index (χ4n) is 1.99. The zero-order chi connectivity index (χ0) is 11.0. The molecule has 0 bridgehead atoms. The second-order valence-electron chi connectivity index (χ2n) is 3.87. The normalized spacial score (nSPS) is 18.3. The van der Waals surface area contributed by atoms with Gasteiger partial charge in [-0.15, -0.1) is 24.2 Å². The quantitative estimate of drug-likeness (QED) is 0.775. The number of nitrogens with zero attached hydrogens (tertiary/aromatic N) is 2. The van der Waals surface area contributed by atoms with Crippen LogP contribution in [0.4, 0.5) is 0 Å². The molecular formula is C12H12BrClN2S. The molecule has 0 amide bonds. The van der Waals surface area contributed by atoms with Gasteiger partial charge in [-0.05, 0) is 36.6 Å². The molecule has 1 aromatic heterocycles. The third-order valence-electron chi connectivity index (χ3n) is 2.80. The third kappa shape index (κ3) is 2.69. The lowest BCUT2D eigenvalue weighted by atomic mass is 10.1. The van der Waals surface area contributed by atoms with Gasteiger partial charge in [0.1, 0.15) is 0 Å². The molecule has 0 spiro atoms. The van der Waals surface area contributed by atoms with Crippen LogP contribution in [0.5, 0.6) is 0 Å². The maximum Gasteiger partial charge on any atom is 0.0955 e. The molecule has 2 nitrogen and oxygen atoms in total. The number of benzene rings is 1. The van der Waals surface area contributed by atoms with Gasteiger partial charge in [-0.1, -0.05) is 15.9 Å². The largest absolute Gasteiger partial charge is 0.325 e. The predicted molar refractivity (Wildman–Crippen MR) is 76.8 cm³/mol. The molecule has 0 N–H and O–H groups in total. The van der Waals surface area contributed by atoms with Crippen molar-refractivity contribution >= 4 is 40.1 Å². The summed E-state index contributed by atoms with van der Waals surface area (Å²) < 4.78 is 3.36. The molecule has 3 rings (SSSR count). The Hall–Kier alpha value is -0.450. The lowest BCUT2D eigenvalue weighted by Crippen LogP contribution is -2.09. The summed E-state index contributed by atoms with van der Waals surface area (Å²) in [5, 5.41) is 0.496. The van der Waals surface area contributed by atoms with Crippen LogP contribution in [0.15, 0.2) is 46.3 Å². The summed E-state index contributed by atoms with van der Waals surface area (Å²) in [6.07, 6.45) is 8.11. The van der Waals surface area contributed by atoms with Gasteiger partial charge in [-0.3, -0.25) is 0 Å². The Morgan fingerprint density at radius 1 is 1.41 bits per heavy atom. The summed E-state index contributed by atoms with van der Waals surface area (Å²) in [5.74, 6) is 0. The molecule has 0 fully saturated rings. The number of aromatic nitrogens is 2. The Balaban J connectivity index is 0.00000108. The molecule has 1 atom stereocenters. The number of aryl methyl sites for hydroxylation is 1. The van der Waals surface area contributed by atoms with Gasteiger partial charge in [0.05, 0.1) is 11.7 Å². The van der Waals surface area contributed by atoms with E-state index >= 15 is 0 Å². The second-order valence-corrected chi connectivity index (χ2v) is 6.01. The molecule has 90 valence electrons. The summed E-state index contributed by atoms with van der Waals surface area (Å²) in [4.78, 5) is 5.51. The van der Waals surface area contributed by atoms with Crippen LogP contribution in [-0.4, -0.2) is 9.55 Å². The first-order valence-corrected chi connectivity index (χ1v) is 6.93. The van der Waals surface area contributed by atoms with Gasteiger partial charge >= 0.3 is 0 Å². The minimum atomic E-state index is 0. The highest BCUT2D eigenvalue weighted by molar-refractivity contribution is 9.10. The van der Waals surface area contributed by atoms with Crippen LogP contribution in [0.2, 0.25) is 0 Å². The minimum absolute atomic E-state index is 0. The Kier molecular flexibility index (Phi) is 4.17. The molecule has 5 heteroatoms. The molecule has 1 aliphatic rings. The maximum absolute atomic E-state index is 4.11. The van der Waals surface area contributed by atoms with E-state index in [2.05, 4.69) is 43.7 Å². The highest BCUT2D eigenvalue weighted by atomic mass is 79.9. The molecule has 17 heavy (non-hydrogen) atoms. The topological polar surface area (TPSA) is 17.8 Å². The fraction of sp³-hybridized carbons (Fsp3) is 0.250. The number of hydrogen-bond donors (Lipinski definition) is 0. The van der Waals surface area contributed by atoms with Crippen LogP contribution < -0.4 is 0 Å². The van der Waals surface area contributed by atoms with Gasteiger partial charge in [0.2, 0.25) is 0 Å². The molecule has 0 saturated heterocycles. The Morgan fingerprint density at radius 2 is 2.29 bits per heavy atom. The van der Waals surface area contributed by atoms with Crippen molar-refractivity contribution < 1.29 is 0 Å². The van der Waals surface area contributed by atoms with E-state index in [9.17, 15) is 0 Å². The molecule has 0 saturated carbocycles. The average molecular weight is 332 g/mol. The van der Waals surface area contributed by atoms with Crippen molar-refractivity contribution in [2.24, 2.45) is 0 Å². The first kappa shape index (κ1) is 13.0. The van der Waals surface area contributed by atoms with E-state index in [1.54, 1.807) is 0 Å². The first-order chi connectivity index (χ1) is 7.83. The van der Waals surface area contributed by atoms with E-state index in [0.717, 1.165) is 6.42 Å². The Bertz CT molecular complexity index is 501. The predicted octanol–water partition coefficient (Wildman–Crippen LogP) is 4.30. The van der Waals surface area contributed by atoms with Crippen LogP contribution in [0.3, 0.4) is 0 Å². The summed E-state index contributed by atoms with van der Waals surface area (Å²) in [7, 11) is 0. The summed E-state index contributed by atoms with van der Waals surface area (Å²) in [5.41, 5.74) is 1.45. The summed E-state index contributed by atoms with van der Waals surface area (Å²) in [6.45, 7) is 0. The number of thioether (sulfide) groups is 1. The van der Waals surface area contributed by atoms with Gasteiger partial charge in [0.15, 0.2) is 0 Å². The summed E-state index contributed by atoms with van der Waals surface area (Å²) in [6, 6.07) is 6.54. The number of fused-ring (bicyclic) bond motifs is 1. The van der Waals surface area contributed by atoms with Crippen LogP contribution in [-0.2, 0) is 6.42 Å². The molecule has 1 aromatic carbocycles. The SMILES string of the molecule is Brc1ccc2c(c1)CCC(n1ccnc1)S2.Cl. The minimum Gasteiger partial charge on any atom is -0.325 e. The van der Waals surface area contributed by atoms with Crippen LogP contribution >= 0.6 is 40.1 Å². The van der Waals surface area contributed by atoms with Crippen molar-refractivity contribution in [1.82, 2.24) is 9.55 Å². The molecule has 1 aliphatic heterocycles. The van der Waals surface area contributed by atoms with Crippen molar-refractivity contribution in [1.29, 1.82) is 0 Å². The molecule has 0 aliphatic carbocycles. The molecule has 0 radical (unpaired) electrons. The third-order valence-corrected chi connectivity index (χ3v) is 4.70. The van der Waals surface area contributed by atoms with Crippen molar-refractivity contribution in [2.75, 3.05) is 0 Å². The lowest BCUT2D eigenvalue weighted by Gasteiger charge is -2.25. The maximum atomic E-state index is 4.11. The summed E-state index contributed by atoms with van der Waals surface area (Å²) >= 11 is 5.45. The molecule has 2 heterocycles. The second kappa shape index (κ2) is 5.46. The Labute approximate surface area is 119 Å². The zero-order valence-corrected chi connectivity index (χ0v) is 12.3. The highest BCUT2D eigenvalue weighted by Gasteiger charge is 2.20. The van der Waals surface area contributed by atoms with Crippen LogP contribution in [0.1, 0.15) is 17.4 Å². The van der Waals surface area contributed by atoms with Crippen molar-refractivity contribution in [3.63, 3.8) is 0 Å². The van der Waals surface area contributed by atoms with Crippen molar-refractivity contribution in [3.8, 4) is 0 Å². The van der Waals surface area contributed by atoms with Gasteiger partial charge in [-0.25, -0.2) is 4.98 Å². The van der Waals surface area contributed by atoms with Crippen molar-refractivity contribution in [3.05, 3.63) is 47.0 Å². The van der Waals surface area contributed by atoms with Gasteiger partial charge in [0, 0.05) is 21.8 Å². The van der Waals surface area contributed by atoms with Gasteiger partial charge in [0.25, 0.3) is 0 Å². The van der Waals surface area contributed by atoms with Crippen molar-refractivity contribution in [2.45, 2.75) is 23.1 Å². The number of imidazole rings is 1. The number of halogens is 2. The van der Waals surface area contributed by atoms with E-state index in [1.165, 1.54) is 21.4 Å². The zero-order valence-electron chi connectivity index (χ0n) is 9.04. The first-order valence-electron chi connectivity index (χ1n) is 5.25. The van der Waals surface area contributed by atoms with E-state index in [-0.39, 0.29) is 12.4 Å². The number of rotatable bonds is 1. The Morgan fingerprint density at radius 3 is 3.06 bits per heavy atom. The van der Waals surface area contributed by atoms with E-state index in [4.69, 9.17) is 0 Å².